The first-order valence-corrected chi connectivity index (χ1v) is 8.38. The number of nitrogens with one attached hydrogen (secondary N) is 1. The molecule has 6 heteroatoms. The van der Waals surface area contributed by atoms with E-state index in [-0.39, 0.29) is 5.78 Å². The van der Waals surface area contributed by atoms with Crippen LogP contribution in [-0.2, 0) is 0 Å². The van der Waals surface area contributed by atoms with Gasteiger partial charge in [-0.15, -0.1) is 11.3 Å². The van der Waals surface area contributed by atoms with Crippen LogP contribution in [0.4, 0.5) is 11.6 Å². The molecule has 3 N–H and O–H groups in total. The Hall–Kier alpha value is -2.47. The molecular weight excluding hydrogens is 308 g/mol. The third kappa shape index (κ3) is 2.55. The second kappa shape index (κ2) is 5.31. The number of nitrogens with two attached hydrogens (primary N) is 1. The molecule has 4 rings (SSSR count). The Labute approximate surface area is 137 Å². The third-order valence-corrected chi connectivity index (χ3v) is 5.07. The van der Waals surface area contributed by atoms with Gasteiger partial charge in [-0.1, -0.05) is 30.3 Å². The Morgan fingerprint density at radius 1 is 1.26 bits per heavy atom. The fraction of sp³-hybridized carbons (Fsp3) is 0.235. The van der Waals surface area contributed by atoms with E-state index in [0.29, 0.717) is 22.6 Å². The molecule has 0 saturated heterocycles. The maximum Gasteiger partial charge on any atom is 0.224 e. The molecule has 0 amide bonds. The summed E-state index contributed by atoms with van der Waals surface area (Å²) in [4.78, 5) is 22.4. The minimum atomic E-state index is -0.0405. The van der Waals surface area contributed by atoms with Gasteiger partial charge in [-0.05, 0) is 12.8 Å². The van der Waals surface area contributed by atoms with Crippen molar-refractivity contribution in [3.8, 4) is 11.3 Å². The van der Waals surface area contributed by atoms with E-state index in [1.165, 1.54) is 18.3 Å². The summed E-state index contributed by atoms with van der Waals surface area (Å²) in [6.07, 6.45) is 2.29. The Balaban J connectivity index is 1.97. The van der Waals surface area contributed by atoms with E-state index in [1.54, 1.807) is 0 Å². The highest BCUT2D eigenvalue weighted by Crippen LogP contribution is 2.39. The lowest BCUT2D eigenvalue weighted by Gasteiger charge is -2.08. The van der Waals surface area contributed by atoms with Gasteiger partial charge in [-0.2, -0.15) is 0 Å². The van der Waals surface area contributed by atoms with E-state index in [4.69, 9.17) is 5.73 Å². The van der Waals surface area contributed by atoms with Gasteiger partial charge >= 0.3 is 0 Å². The molecule has 2 heterocycles. The van der Waals surface area contributed by atoms with Crippen molar-refractivity contribution >= 4 is 39.0 Å². The van der Waals surface area contributed by atoms with Gasteiger partial charge in [-0.25, -0.2) is 9.97 Å². The number of anilines is 2. The number of hydrogen-bond donors (Lipinski definition) is 2. The summed E-state index contributed by atoms with van der Waals surface area (Å²) in [6.45, 7) is 1.53. The summed E-state index contributed by atoms with van der Waals surface area (Å²) in [7, 11) is 0. The zero-order chi connectivity index (χ0) is 16.0. The fourth-order valence-corrected chi connectivity index (χ4v) is 3.55. The van der Waals surface area contributed by atoms with Crippen molar-refractivity contribution < 1.29 is 4.79 Å². The van der Waals surface area contributed by atoms with Crippen LogP contribution >= 0.6 is 11.3 Å². The molecule has 1 fully saturated rings. The molecule has 0 bridgehead atoms. The van der Waals surface area contributed by atoms with Crippen LogP contribution in [-0.4, -0.2) is 21.8 Å². The van der Waals surface area contributed by atoms with E-state index in [0.717, 1.165) is 34.3 Å². The number of Topliss-reactive ketones (excluding diaryl/α,β-unsaturated/α-hetero) is 1. The molecule has 116 valence electrons. The molecule has 23 heavy (non-hydrogen) atoms. The highest BCUT2D eigenvalue weighted by atomic mass is 32.1. The van der Waals surface area contributed by atoms with Crippen molar-refractivity contribution in [3.05, 3.63) is 35.2 Å². The Bertz CT molecular complexity index is 900. The summed E-state index contributed by atoms with van der Waals surface area (Å²) < 4.78 is 0. The molecule has 5 nitrogen and oxygen atoms in total. The molecule has 0 unspecified atom stereocenters. The number of aromatic nitrogens is 2. The van der Waals surface area contributed by atoms with Crippen LogP contribution in [0, 0.1) is 0 Å². The monoisotopic (exact) mass is 324 g/mol. The van der Waals surface area contributed by atoms with Crippen molar-refractivity contribution in [1.82, 2.24) is 9.97 Å². The Morgan fingerprint density at radius 3 is 2.65 bits per heavy atom. The van der Waals surface area contributed by atoms with Crippen molar-refractivity contribution in [2.24, 2.45) is 0 Å². The SMILES string of the molecule is CC(=O)c1sc2nc(NC3CC3)nc(-c3ccccc3)c2c1N. The minimum absolute atomic E-state index is 0.0405. The summed E-state index contributed by atoms with van der Waals surface area (Å²) in [6, 6.07) is 10.3. The first kappa shape index (κ1) is 14.1. The molecule has 3 aromatic rings. The third-order valence-electron chi connectivity index (χ3n) is 3.87. The summed E-state index contributed by atoms with van der Waals surface area (Å²) in [5, 5.41) is 4.11. The predicted molar refractivity (Wildman–Crippen MR) is 93.9 cm³/mol. The van der Waals surface area contributed by atoms with Gasteiger partial charge in [0.25, 0.3) is 0 Å². The van der Waals surface area contributed by atoms with Crippen LogP contribution in [0.25, 0.3) is 21.5 Å². The quantitative estimate of drug-likeness (QED) is 0.715. The van der Waals surface area contributed by atoms with Crippen LogP contribution in [0.5, 0.6) is 0 Å². The van der Waals surface area contributed by atoms with E-state index in [1.807, 2.05) is 30.3 Å². The van der Waals surface area contributed by atoms with Gasteiger partial charge in [0.2, 0.25) is 5.95 Å². The van der Waals surface area contributed by atoms with Crippen LogP contribution < -0.4 is 11.1 Å². The molecule has 0 aliphatic heterocycles. The summed E-state index contributed by atoms with van der Waals surface area (Å²) in [5.41, 5.74) is 8.46. The number of nitrogen functional groups attached to an aromatic ring is 1. The van der Waals surface area contributed by atoms with E-state index >= 15 is 0 Å². The smallest absolute Gasteiger partial charge is 0.224 e. The molecule has 2 aromatic heterocycles. The second-order valence-corrected chi connectivity index (χ2v) is 6.76. The lowest BCUT2D eigenvalue weighted by atomic mass is 10.1. The van der Waals surface area contributed by atoms with Crippen LogP contribution in [0.1, 0.15) is 29.4 Å². The number of benzene rings is 1. The Morgan fingerprint density at radius 2 is 2.00 bits per heavy atom. The second-order valence-electron chi connectivity index (χ2n) is 5.76. The molecule has 1 saturated carbocycles. The molecule has 0 atom stereocenters. The molecule has 1 aliphatic rings. The van der Waals surface area contributed by atoms with Crippen molar-refractivity contribution in [1.29, 1.82) is 0 Å². The van der Waals surface area contributed by atoms with Crippen molar-refractivity contribution in [2.75, 3.05) is 11.1 Å². The van der Waals surface area contributed by atoms with Crippen molar-refractivity contribution in [3.63, 3.8) is 0 Å². The number of rotatable bonds is 4. The molecule has 0 spiro atoms. The van der Waals surface area contributed by atoms with Gasteiger partial charge in [0.05, 0.1) is 21.6 Å². The normalized spacial score (nSPS) is 14.1. The lowest BCUT2D eigenvalue weighted by molar-refractivity contribution is 0.102. The van der Waals surface area contributed by atoms with Gasteiger partial charge in [0.1, 0.15) is 4.83 Å². The standard InChI is InChI=1S/C17H16N4OS/c1-9(22)15-13(18)12-14(10-5-3-2-4-6-10)20-17(19-11-7-8-11)21-16(12)23-15/h2-6,11H,7-8,18H2,1H3,(H,19,20,21). The van der Waals surface area contributed by atoms with E-state index in [2.05, 4.69) is 15.3 Å². The summed E-state index contributed by atoms with van der Waals surface area (Å²) >= 11 is 1.34. The van der Waals surface area contributed by atoms with Gasteiger partial charge < -0.3 is 11.1 Å². The number of fused-ring (bicyclic) bond motifs is 1. The van der Waals surface area contributed by atoms with Crippen LogP contribution in [0.3, 0.4) is 0 Å². The lowest BCUT2D eigenvalue weighted by Crippen LogP contribution is -2.06. The molecule has 1 aliphatic carbocycles. The summed E-state index contributed by atoms with van der Waals surface area (Å²) in [5.74, 6) is 0.566. The highest BCUT2D eigenvalue weighted by Gasteiger charge is 2.24. The van der Waals surface area contributed by atoms with Gasteiger partial charge in [-0.3, -0.25) is 4.79 Å². The van der Waals surface area contributed by atoms with Gasteiger partial charge in [0.15, 0.2) is 5.78 Å². The zero-order valence-electron chi connectivity index (χ0n) is 12.7. The first-order valence-electron chi connectivity index (χ1n) is 7.56. The maximum atomic E-state index is 11.8. The number of hydrogen-bond acceptors (Lipinski definition) is 6. The predicted octanol–water partition coefficient (Wildman–Crippen LogP) is 3.72. The number of carbonyl (C=O) groups excluding carboxylic acids is 1. The first-order chi connectivity index (χ1) is 11.1. The van der Waals surface area contributed by atoms with Crippen LogP contribution in [0.15, 0.2) is 30.3 Å². The number of nitrogens with zero attached hydrogens (tertiary/aromatic N) is 2. The number of ketones is 1. The average molecular weight is 324 g/mol. The Kier molecular flexibility index (Phi) is 3.27. The molecule has 1 aromatic carbocycles. The fourth-order valence-electron chi connectivity index (χ4n) is 2.56. The number of carbonyl (C=O) groups is 1. The minimum Gasteiger partial charge on any atom is -0.397 e. The van der Waals surface area contributed by atoms with E-state index < -0.39 is 0 Å². The maximum absolute atomic E-state index is 11.8. The number of thiophene rings is 1. The molecular formula is C17H16N4OS. The van der Waals surface area contributed by atoms with Crippen LogP contribution in [0.2, 0.25) is 0 Å². The molecule has 0 radical (unpaired) electrons. The average Bonchev–Trinajstić information content (AvgIpc) is 3.29. The van der Waals surface area contributed by atoms with Crippen molar-refractivity contribution in [2.45, 2.75) is 25.8 Å². The van der Waals surface area contributed by atoms with E-state index in [9.17, 15) is 4.79 Å². The topological polar surface area (TPSA) is 80.9 Å². The largest absolute Gasteiger partial charge is 0.397 e. The van der Waals surface area contributed by atoms with Gasteiger partial charge in [0, 0.05) is 18.5 Å². The highest BCUT2D eigenvalue weighted by molar-refractivity contribution is 7.21. The zero-order valence-corrected chi connectivity index (χ0v) is 13.5.